The first-order chi connectivity index (χ1) is 15.7. The zero-order valence-corrected chi connectivity index (χ0v) is 22.1. The fourth-order valence-electron chi connectivity index (χ4n) is 2.57. The molecule has 3 heteroatoms. The number of carbonyl (C=O) groups excluding carboxylic acids is 2. The highest BCUT2D eigenvalue weighted by Gasteiger charge is 2.17. The quantitative estimate of drug-likeness (QED) is 0.342. The molecule has 33 heavy (non-hydrogen) atoms. The van der Waals surface area contributed by atoms with Gasteiger partial charge in [0.15, 0.2) is 0 Å². The van der Waals surface area contributed by atoms with Gasteiger partial charge in [0.2, 0.25) is 5.91 Å². The molecule has 0 radical (unpaired) electrons. The molecule has 2 aromatic carbocycles. The molecular weight excluding hydrogens is 406 g/mol. The largest absolute Gasteiger partial charge is 0.359 e. The molecule has 3 nitrogen and oxygen atoms in total. The van der Waals surface area contributed by atoms with Crippen LogP contribution in [-0.4, -0.2) is 18.7 Å². The normalized spacial score (nSPS) is 9.94. The molecule has 0 aliphatic heterocycles. The fourth-order valence-corrected chi connectivity index (χ4v) is 2.57. The van der Waals surface area contributed by atoms with Crippen molar-refractivity contribution in [3.05, 3.63) is 78.9 Å². The summed E-state index contributed by atoms with van der Waals surface area (Å²) < 4.78 is 0. The second-order valence-electron chi connectivity index (χ2n) is 7.46. The van der Waals surface area contributed by atoms with E-state index in [4.69, 9.17) is 0 Å². The van der Waals surface area contributed by atoms with Crippen LogP contribution < -0.4 is 5.32 Å². The van der Waals surface area contributed by atoms with Gasteiger partial charge in [0.1, 0.15) is 5.78 Å². The van der Waals surface area contributed by atoms with Crippen LogP contribution in [0.3, 0.4) is 0 Å². The molecule has 0 heterocycles. The second kappa shape index (κ2) is 19.7. The minimum Gasteiger partial charge on any atom is -0.359 e. The van der Waals surface area contributed by atoms with Gasteiger partial charge in [-0.05, 0) is 43.9 Å². The van der Waals surface area contributed by atoms with E-state index in [1.54, 1.807) is 13.8 Å². The highest BCUT2D eigenvalue weighted by Crippen LogP contribution is 2.22. The van der Waals surface area contributed by atoms with Crippen molar-refractivity contribution in [2.24, 2.45) is 5.92 Å². The molecule has 0 saturated heterocycles. The molecule has 1 unspecified atom stereocenters. The maximum absolute atomic E-state index is 10.9. The number of aryl methyl sites for hydroxylation is 1. The number of hydrogen-bond donors (Lipinski definition) is 1. The van der Waals surface area contributed by atoms with Gasteiger partial charge in [0.25, 0.3) is 0 Å². The number of amides is 1. The standard InChI is InChI=1S/C16H16.C7H13NO2.C5H10.C2H6/c1-12(2)14-8-10-16(11-9-14)15-6-4-13(3)5-7-15;1-4-6(9)5(2)7(10)8-3;1-3-5-4-2;1-2/h4-11H,1H2,2-3H3;5H,4H2,1-3H3,(H,8,10);3H,1,4-5H2,2H3;1-2H3. The Morgan fingerprint density at radius 2 is 1.42 bits per heavy atom. The summed E-state index contributed by atoms with van der Waals surface area (Å²) in [5.74, 6) is -0.707. The Hall–Kier alpha value is -2.94. The van der Waals surface area contributed by atoms with Crippen LogP contribution in [0.5, 0.6) is 0 Å². The van der Waals surface area contributed by atoms with Gasteiger partial charge in [-0.1, -0.05) is 106 Å². The first kappa shape index (κ1) is 32.2. The summed E-state index contributed by atoms with van der Waals surface area (Å²) in [7, 11) is 1.53. The van der Waals surface area contributed by atoms with Crippen LogP contribution in [0.15, 0.2) is 67.8 Å². The Kier molecular flexibility index (Phi) is 19.3. The van der Waals surface area contributed by atoms with Crippen LogP contribution >= 0.6 is 0 Å². The predicted octanol–water partition coefficient (Wildman–Crippen LogP) is 8.04. The molecule has 0 spiro atoms. The van der Waals surface area contributed by atoms with Crippen LogP contribution in [-0.2, 0) is 9.59 Å². The average Bonchev–Trinajstić information content (AvgIpc) is 2.85. The van der Waals surface area contributed by atoms with E-state index < -0.39 is 5.92 Å². The molecular formula is C30H45NO2. The van der Waals surface area contributed by atoms with E-state index in [2.05, 4.69) is 80.9 Å². The molecule has 1 amide bonds. The summed E-state index contributed by atoms with van der Waals surface area (Å²) in [6.07, 6.45) is 4.73. The lowest BCUT2D eigenvalue weighted by molar-refractivity contribution is -0.132. The highest BCUT2D eigenvalue weighted by atomic mass is 16.2. The predicted molar refractivity (Wildman–Crippen MR) is 146 cm³/mol. The lowest BCUT2D eigenvalue weighted by Crippen LogP contribution is -2.30. The Morgan fingerprint density at radius 3 is 1.73 bits per heavy atom. The fraction of sp³-hybridized carbons (Fsp3) is 0.400. The first-order valence-corrected chi connectivity index (χ1v) is 11.9. The Balaban J connectivity index is 0. The molecule has 0 bridgehead atoms. The maximum Gasteiger partial charge on any atom is 0.230 e. The molecule has 0 aliphatic rings. The summed E-state index contributed by atoms with van der Waals surface area (Å²) in [6.45, 7) is 21.1. The van der Waals surface area contributed by atoms with Crippen molar-refractivity contribution in [1.82, 2.24) is 5.32 Å². The number of ketones is 1. The topological polar surface area (TPSA) is 46.2 Å². The number of benzene rings is 2. The van der Waals surface area contributed by atoms with E-state index in [0.29, 0.717) is 6.42 Å². The smallest absolute Gasteiger partial charge is 0.230 e. The zero-order valence-electron chi connectivity index (χ0n) is 22.1. The molecule has 2 aromatic rings. The van der Waals surface area contributed by atoms with Crippen LogP contribution in [0, 0.1) is 12.8 Å². The van der Waals surface area contributed by atoms with E-state index in [1.807, 2.05) is 26.8 Å². The molecule has 0 saturated carbocycles. The minimum absolute atomic E-state index is 0.0145. The first-order valence-electron chi connectivity index (χ1n) is 11.9. The Labute approximate surface area is 203 Å². The maximum atomic E-state index is 10.9. The van der Waals surface area contributed by atoms with Gasteiger partial charge >= 0.3 is 0 Å². The number of hydrogen-bond acceptors (Lipinski definition) is 2. The molecule has 1 N–H and O–H groups in total. The average molecular weight is 452 g/mol. The van der Waals surface area contributed by atoms with Crippen molar-refractivity contribution >= 4 is 17.3 Å². The Morgan fingerprint density at radius 1 is 0.970 bits per heavy atom. The van der Waals surface area contributed by atoms with Gasteiger partial charge in [0, 0.05) is 13.5 Å². The second-order valence-corrected chi connectivity index (χ2v) is 7.46. The van der Waals surface area contributed by atoms with Gasteiger partial charge in [0.05, 0.1) is 5.92 Å². The van der Waals surface area contributed by atoms with Crippen molar-refractivity contribution < 1.29 is 9.59 Å². The van der Waals surface area contributed by atoms with Gasteiger partial charge < -0.3 is 5.32 Å². The molecule has 0 aliphatic carbocycles. The van der Waals surface area contributed by atoms with Crippen molar-refractivity contribution in [2.75, 3.05) is 7.05 Å². The van der Waals surface area contributed by atoms with Crippen LogP contribution in [0.2, 0.25) is 0 Å². The molecule has 0 fully saturated rings. The third-order valence-electron chi connectivity index (χ3n) is 4.73. The minimum atomic E-state index is -0.491. The van der Waals surface area contributed by atoms with E-state index in [1.165, 1.54) is 35.7 Å². The number of Topliss-reactive ketones (excluding diaryl/α,β-unsaturated/α-hetero) is 1. The summed E-state index contributed by atoms with van der Waals surface area (Å²) >= 11 is 0. The van der Waals surface area contributed by atoms with Crippen LogP contribution in [0.4, 0.5) is 0 Å². The Bertz CT molecular complexity index is 801. The van der Waals surface area contributed by atoms with E-state index in [0.717, 1.165) is 12.0 Å². The highest BCUT2D eigenvalue weighted by molar-refractivity contribution is 6.00. The zero-order chi connectivity index (χ0) is 25.8. The van der Waals surface area contributed by atoms with Crippen molar-refractivity contribution in [3.8, 4) is 11.1 Å². The monoisotopic (exact) mass is 451 g/mol. The summed E-state index contributed by atoms with van der Waals surface area (Å²) in [4.78, 5) is 21.6. The van der Waals surface area contributed by atoms with Crippen LogP contribution in [0.1, 0.15) is 71.9 Å². The van der Waals surface area contributed by atoms with Crippen molar-refractivity contribution in [3.63, 3.8) is 0 Å². The number of allylic oxidation sites excluding steroid dienone is 2. The molecule has 1 atom stereocenters. The summed E-state index contributed by atoms with van der Waals surface area (Å²) in [5, 5.41) is 2.42. The third-order valence-corrected chi connectivity index (χ3v) is 4.73. The lowest BCUT2D eigenvalue weighted by Gasteiger charge is -2.05. The van der Waals surface area contributed by atoms with Gasteiger partial charge in [-0.3, -0.25) is 9.59 Å². The van der Waals surface area contributed by atoms with Gasteiger partial charge in [-0.15, -0.1) is 6.58 Å². The SMILES string of the molecule is C=C(C)c1ccc(-c2ccc(C)cc2)cc1.C=CCCC.CC.CCC(=O)C(C)C(=O)NC. The summed E-state index contributed by atoms with van der Waals surface area (Å²) in [6, 6.07) is 17.1. The number of rotatable bonds is 7. The van der Waals surface area contributed by atoms with Crippen molar-refractivity contribution in [2.45, 2.75) is 67.7 Å². The number of unbranched alkanes of at least 4 members (excludes halogenated alkanes) is 1. The van der Waals surface area contributed by atoms with E-state index in [-0.39, 0.29) is 11.7 Å². The molecule has 182 valence electrons. The molecule has 2 rings (SSSR count). The lowest BCUT2D eigenvalue weighted by atomic mass is 10.0. The van der Waals surface area contributed by atoms with Gasteiger partial charge in [-0.2, -0.15) is 0 Å². The van der Waals surface area contributed by atoms with E-state index >= 15 is 0 Å². The third kappa shape index (κ3) is 13.9. The molecule has 0 aromatic heterocycles. The summed E-state index contributed by atoms with van der Waals surface area (Å²) in [5.41, 5.74) is 6.12. The van der Waals surface area contributed by atoms with Crippen LogP contribution in [0.25, 0.3) is 16.7 Å². The number of nitrogens with one attached hydrogen (secondary N) is 1. The van der Waals surface area contributed by atoms with Gasteiger partial charge in [-0.25, -0.2) is 0 Å². The van der Waals surface area contributed by atoms with Crippen molar-refractivity contribution in [1.29, 1.82) is 0 Å². The number of carbonyl (C=O) groups is 2. The van der Waals surface area contributed by atoms with E-state index in [9.17, 15) is 9.59 Å².